The Morgan fingerprint density at radius 2 is 1.88 bits per heavy atom. The van der Waals surface area contributed by atoms with Gasteiger partial charge in [0.25, 0.3) is 0 Å². The van der Waals surface area contributed by atoms with Gasteiger partial charge >= 0.3 is 0 Å². The topological polar surface area (TPSA) is 21.3 Å². The molecule has 0 radical (unpaired) electrons. The molecule has 24 heavy (non-hydrogen) atoms. The second-order valence-electron chi connectivity index (χ2n) is 6.81. The smallest absolute Gasteiger partial charge is 0.133 e. The predicted octanol–water partition coefficient (Wildman–Crippen LogP) is 5.19. The van der Waals surface area contributed by atoms with Crippen LogP contribution in [0, 0.1) is 5.92 Å². The molecule has 1 atom stereocenters. The number of halogens is 2. The third-order valence-corrected chi connectivity index (χ3v) is 5.41. The summed E-state index contributed by atoms with van der Waals surface area (Å²) < 4.78 is 7.04. The molecule has 1 aliphatic heterocycles. The molecule has 0 saturated carbocycles. The molecule has 2 aromatic carbocycles. The Kier molecular flexibility index (Phi) is 6.73. The molecule has 130 valence electrons. The third kappa shape index (κ3) is 4.33. The first-order valence-electron chi connectivity index (χ1n) is 8.26. The normalized spacial score (nSPS) is 17.4. The molecule has 0 spiro atoms. The molecule has 0 amide bonds. The van der Waals surface area contributed by atoms with Gasteiger partial charge in [-0.2, -0.15) is 0 Å². The van der Waals surface area contributed by atoms with Gasteiger partial charge in [-0.1, -0.05) is 50.2 Å². The van der Waals surface area contributed by atoms with Crippen molar-refractivity contribution in [1.29, 1.82) is 0 Å². The van der Waals surface area contributed by atoms with Gasteiger partial charge in [-0.05, 0) is 52.2 Å². The fourth-order valence-electron chi connectivity index (χ4n) is 3.09. The molecular weight excluding hydrogens is 386 g/mol. The van der Waals surface area contributed by atoms with Crippen molar-refractivity contribution in [2.45, 2.75) is 25.7 Å². The van der Waals surface area contributed by atoms with E-state index in [1.165, 1.54) is 17.5 Å². The number of rotatable bonds is 5. The van der Waals surface area contributed by atoms with Crippen molar-refractivity contribution in [2.24, 2.45) is 5.92 Å². The van der Waals surface area contributed by atoms with E-state index in [0.717, 1.165) is 29.9 Å². The summed E-state index contributed by atoms with van der Waals surface area (Å²) in [5.74, 6) is 1.56. The van der Waals surface area contributed by atoms with Crippen molar-refractivity contribution in [2.75, 3.05) is 19.7 Å². The highest BCUT2D eigenvalue weighted by molar-refractivity contribution is 9.10. The van der Waals surface area contributed by atoms with Crippen molar-refractivity contribution in [3.63, 3.8) is 0 Å². The molecule has 1 fully saturated rings. The maximum absolute atomic E-state index is 6.01. The summed E-state index contributed by atoms with van der Waals surface area (Å²) >= 11 is 3.68. The van der Waals surface area contributed by atoms with Gasteiger partial charge in [0, 0.05) is 17.9 Å². The Balaban J connectivity index is 0.00000208. The van der Waals surface area contributed by atoms with E-state index in [-0.39, 0.29) is 17.8 Å². The molecule has 1 saturated heterocycles. The van der Waals surface area contributed by atoms with Crippen LogP contribution in [-0.2, 0) is 5.41 Å². The third-order valence-electron chi connectivity index (χ3n) is 4.79. The van der Waals surface area contributed by atoms with E-state index >= 15 is 0 Å². The standard InChI is InChI=1S/C20H24BrNO.ClH/c1-20(2,16-6-4-3-5-7-16)17-8-9-19(18(21)12-17)23-14-15-10-11-22-13-15;/h3-9,12,15,22H,10-11,13-14H2,1-2H3;1H. The SMILES string of the molecule is CC(C)(c1ccccc1)c1ccc(OCC2CCNC2)c(Br)c1.Cl. The van der Waals surface area contributed by atoms with Crippen molar-refractivity contribution < 1.29 is 4.74 Å². The van der Waals surface area contributed by atoms with Crippen LogP contribution >= 0.6 is 28.3 Å². The van der Waals surface area contributed by atoms with Crippen LogP contribution in [0.4, 0.5) is 0 Å². The van der Waals surface area contributed by atoms with Gasteiger partial charge in [0.05, 0.1) is 11.1 Å². The molecule has 2 aromatic rings. The summed E-state index contributed by atoms with van der Waals surface area (Å²) in [7, 11) is 0. The van der Waals surface area contributed by atoms with E-state index in [1.54, 1.807) is 0 Å². The first-order chi connectivity index (χ1) is 11.1. The van der Waals surface area contributed by atoms with Crippen molar-refractivity contribution in [3.8, 4) is 5.75 Å². The minimum absolute atomic E-state index is 0. The molecule has 0 bridgehead atoms. The summed E-state index contributed by atoms with van der Waals surface area (Å²) in [4.78, 5) is 0. The Labute approximate surface area is 159 Å². The zero-order valence-corrected chi connectivity index (χ0v) is 16.6. The Hall–Kier alpha value is -1.03. The molecule has 1 unspecified atom stereocenters. The van der Waals surface area contributed by atoms with E-state index in [4.69, 9.17) is 4.74 Å². The zero-order valence-electron chi connectivity index (χ0n) is 14.2. The number of hydrogen-bond donors (Lipinski definition) is 1. The average molecular weight is 411 g/mol. The molecule has 2 nitrogen and oxygen atoms in total. The Morgan fingerprint density at radius 1 is 1.12 bits per heavy atom. The minimum atomic E-state index is -0.0301. The summed E-state index contributed by atoms with van der Waals surface area (Å²) in [6.45, 7) is 7.48. The lowest BCUT2D eigenvalue weighted by Gasteiger charge is -2.27. The van der Waals surface area contributed by atoms with Crippen molar-refractivity contribution >= 4 is 28.3 Å². The average Bonchev–Trinajstić information content (AvgIpc) is 3.08. The molecule has 0 aromatic heterocycles. The largest absolute Gasteiger partial charge is 0.492 e. The number of hydrogen-bond acceptors (Lipinski definition) is 2. The van der Waals surface area contributed by atoms with Crippen LogP contribution in [0.25, 0.3) is 0 Å². The monoisotopic (exact) mass is 409 g/mol. The predicted molar refractivity (Wildman–Crippen MR) is 106 cm³/mol. The van der Waals surface area contributed by atoms with Gasteiger partial charge in [0.15, 0.2) is 0 Å². The lowest BCUT2D eigenvalue weighted by molar-refractivity contribution is 0.258. The Bertz CT molecular complexity index is 654. The maximum atomic E-state index is 6.01. The first-order valence-corrected chi connectivity index (χ1v) is 9.06. The second kappa shape index (κ2) is 8.37. The van der Waals surface area contributed by atoms with Gasteiger partial charge < -0.3 is 10.1 Å². The van der Waals surface area contributed by atoms with E-state index < -0.39 is 0 Å². The van der Waals surface area contributed by atoms with Crippen LogP contribution in [0.2, 0.25) is 0 Å². The van der Waals surface area contributed by atoms with Crippen LogP contribution in [0.1, 0.15) is 31.4 Å². The highest BCUT2D eigenvalue weighted by Gasteiger charge is 2.24. The molecular formula is C20H25BrClNO. The highest BCUT2D eigenvalue weighted by atomic mass is 79.9. The van der Waals surface area contributed by atoms with Gasteiger partial charge in [-0.25, -0.2) is 0 Å². The fourth-order valence-corrected chi connectivity index (χ4v) is 3.59. The van der Waals surface area contributed by atoms with Crippen LogP contribution in [0.15, 0.2) is 53.0 Å². The minimum Gasteiger partial charge on any atom is -0.492 e. The maximum Gasteiger partial charge on any atom is 0.133 e. The summed E-state index contributed by atoms with van der Waals surface area (Å²) in [6, 6.07) is 17.1. The summed E-state index contributed by atoms with van der Waals surface area (Å²) in [5, 5.41) is 3.38. The summed E-state index contributed by atoms with van der Waals surface area (Å²) in [6.07, 6.45) is 1.21. The Morgan fingerprint density at radius 3 is 2.50 bits per heavy atom. The number of benzene rings is 2. The van der Waals surface area contributed by atoms with Crippen molar-refractivity contribution in [3.05, 3.63) is 64.1 Å². The highest BCUT2D eigenvalue weighted by Crippen LogP contribution is 2.36. The lowest BCUT2D eigenvalue weighted by Crippen LogP contribution is -2.19. The molecule has 4 heteroatoms. The molecule has 0 aliphatic carbocycles. The summed E-state index contributed by atoms with van der Waals surface area (Å²) in [5.41, 5.74) is 2.57. The van der Waals surface area contributed by atoms with Crippen molar-refractivity contribution in [1.82, 2.24) is 5.32 Å². The molecule has 1 aliphatic rings. The van der Waals surface area contributed by atoms with Gasteiger partial charge in [0.1, 0.15) is 5.75 Å². The van der Waals surface area contributed by atoms with Crippen LogP contribution in [0.3, 0.4) is 0 Å². The van der Waals surface area contributed by atoms with E-state index in [1.807, 2.05) is 0 Å². The van der Waals surface area contributed by atoms with Gasteiger partial charge in [0.2, 0.25) is 0 Å². The zero-order chi connectivity index (χ0) is 16.3. The van der Waals surface area contributed by atoms with Gasteiger partial charge in [-0.3, -0.25) is 0 Å². The quantitative estimate of drug-likeness (QED) is 0.733. The van der Waals surface area contributed by atoms with E-state index in [2.05, 4.69) is 83.6 Å². The number of nitrogens with one attached hydrogen (secondary N) is 1. The molecule has 1 N–H and O–H groups in total. The lowest BCUT2D eigenvalue weighted by atomic mass is 9.78. The second-order valence-corrected chi connectivity index (χ2v) is 7.66. The number of ether oxygens (including phenoxy) is 1. The first kappa shape index (κ1) is 19.3. The van der Waals surface area contributed by atoms with Crippen LogP contribution in [0.5, 0.6) is 5.75 Å². The fraction of sp³-hybridized carbons (Fsp3) is 0.400. The van der Waals surface area contributed by atoms with Crippen LogP contribution < -0.4 is 10.1 Å². The van der Waals surface area contributed by atoms with Gasteiger partial charge in [-0.15, -0.1) is 12.4 Å². The van der Waals surface area contributed by atoms with E-state index in [0.29, 0.717) is 5.92 Å². The van der Waals surface area contributed by atoms with E-state index in [9.17, 15) is 0 Å². The van der Waals surface area contributed by atoms with Crippen LogP contribution in [-0.4, -0.2) is 19.7 Å². The molecule has 3 rings (SSSR count). The molecule has 1 heterocycles.